The fraction of sp³-hybridized carbons (Fsp3) is 0.625. The van der Waals surface area contributed by atoms with Crippen LogP contribution in [0.1, 0.15) is 31.7 Å². The molecule has 2 fully saturated rings. The average Bonchev–Trinajstić information content (AvgIpc) is 2.46. The van der Waals surface area contributed by atoms with Gasteiger partial charge in [0.15, 0.2) is 0 Å². The van der Waals surface area contributed by atoms with E-state index in [2.05, 4.69) is 16.7 Å². The van der Waals surface area contributed by atoms with Gasteiger partial charge in [-0.3, -0.25) is 4.90 Å². The minimum absolute atomic E-state index is 0.237. The highest BCUT2D eigenvalue weighted by atomic mass is 19.1. The summed E-state index contributed by atoms with van der Waals surface area (Å²) in [5.41, 5.74) is 1.30. The number of aliphatic hydroxyl groups excluding tert-OH is 1. The zero-order valence-corrected chi connectivity index (χ0v) is 12.1. The van der Waals surface area contributed by atoms with Crippen molar-refractivity contribution >= 4 is 5.69 Å². The van der Waals surface area contributed by atoms with E-state index >= 15 is 0 Å². The number of fused-ring (bicyclic) bond motifs is 1. The zero-order chi connectivity index (χ0) is 14.1. The summed E-state index contributed by atoms with van der Waals surface area (Å²) in [6, 6.07) is 6.04. The van der Waals surface area contributed by atoms with Gasteiger partial charge in [0.05, 0.1) is 6.61 Å². The largest absolute Gasteiger partial charge is 0.391 e. The van der Waals surface area contributed by atoms with Crippen LogP contribution in [-0.4, -0.2) is 41.7 Å². The van der Waals surface area contributed by atoms with Gasteiger partial charge < -0.3 is 10.0 Å². The van der Waals surface area contributed by atoms with Crippen LogP contribution in [0.4, 0.5) is 10.1 Å². The Morgan fingerprint density at radius 2 is 2.15 bits per heavy atom. The highest BCUT2D eigenvalue weighted by molar-refractivity contribution is 5.55. The van der Waals surface area contributed by atoms with E-state index in [1.165, 1.54) is 31.9 Å². The smallest absolute Gasteiger partial charge is 0.130 e. The monoisotopic (exact) mass is 278 g/mol. The molecule has 20 heavy (non-hydrogen) atoms. The van der Waals surface area contributed by atoms with Crippen molar-refractivity contribution < 1.29 is 9.50 Å². The maximum atomic E-state index is 13.9. The van der Waals surface area contributed by atoms with Crippen LogP contribution in [0.3, 0.4) is 0 Å². The fourth-order valence-corrected chi connectivity index (χ4v) is 3.66. The molecule has 2 saturated heterocycles. The predicted molar refractivity (Wildman–Crippen MR) is 78.3 cm³/mol. The molecule has 3 nitrogen and oxygen atoms in total. The van der Waals surface area contributed by atoms with Crippen LogP contribution in [0.5, 0.6) is 0 Å². The van der Waals surface area contributed by atoms with E-state index in [1.54, 1.807) is 6.07 Å². The molecule has 4 heteroatoms. The molecule has 3 rings (SSSR count). The fourth-order valence-electron chi connectivity index (χ4n) is 3.66. The third kappa shape index (κ3) is 2.42. The summed E-state index contributed by atoms with van der Waals surface area (Å²) in [5.74, 6) is -0.303. The number of rotatable bonds is 2. The lowest BCUT2D eigenvalue weighted by Gasteiger charge is -2.48. The van der Waals surface area contributed by atoms with Gasteiger partial charge in [-0.05, 0) is 38.4 Å². The minimum atomic E-state index is -0.303. The van der Waals surface area contributed by atoms with Crippen LogP contribution >= 0.6 is 0 Å². The third-order valence-corrected chi connectivity index (χ3v) is 4.75. The van der Waals surface area contributed by atoms with Gasteiger partial charge in [0.2, 0.25) is 0 Å². The lowest BCUT2D eigenvalue weighted by Crippen LogP contribution is -2.59. The second kappa shape index (κ2) is 5.70. The van der Waals surface area contributed by atoms with Crippen molar-refractivity contribution in [2.24, 2.45) is 0 Å². The topological polar surface area (TPSA) is 26.7 Å². The number of benzene rings is 1. The Morgan fingerprint density at radius 3 is 2.95 bits per heavy atom. The van der Waals surface area contributed by atoms with Gasteiger partial charge in [-0.15, -0.1) is 0 Å². The molecule has 2 heterocycles. The molecule has 2 atom stereocenters. The number of piperidine rings is 1. The first-order chi connectivity index (χ1) is 9.70. The molecular weight excluding hydrogens is 255 g/mol. The van der Waals surface area contributed by atoms with Crippen molar-refractivity contribution in [1.82, 2.24) is 4.90 Å². The normalized spacial score (nSPS) is 27.4. The maximum absolute atomic E-state index is 13.9. The van der Waals surface area contributed by atoms with Gasteiger partial charge in [-0.2, -0.15) is 0 Å². The van der Waals surface area contributed by atoms with Gasteiger partial charge >= 0.3 is 0 Å². The van der Waals surface area contributed by atoms with E-state index in [-0.39, 0.29) is 12.4 Å². The predicted octanol–water partition coefficient (Wildman–Crippen LogP) is 2.38. The number of aliphatic hydroxyl groups is 1. The average molecular weight is 278 g/mol. The molecule has 110 valence electrons. The summed E-state index contributed by atoms with van der Waals surface area (Å²) < 4.78 is 13.9. The summed E-state index contributed by atoms with van der Waals surface area (Å²) in [6.07, 6.45) is 3.82. The minimum Gasteiger partial charge on any atom is -0.391 e. The quantitative estimate of drug-likeness (QED) is 0.900. The molecule has 1 aromatic rings. The second-order valence-electron chi connectivity index (χ2n) is 6.04. The van der Waals surface area contributed by atoms with Gasteiger partial charge in [0, 0.05) is 36.4 Å². The number of hydrogen-bond acceptors (Lipinski definition) is 3. The summed E-state index contributed by atoms with van der Waals surface area (Å²) in [4.78, 5) is 4.85. The van der Waals surface area contributed by atoms with Crippen LogP contribution in [0, 0.1) is 5.82 Å². The summed E-state index contributed by atoms with van der Waals surface area (Å²) >= 11 is 0. The number of piperazine rings is 1. The van der Waals surface area contributed by atoms with E-state index in [4.69, 9.17) is 0 Å². The Balaban J connectivity index is 1.88. The summed E-state index contributed by atoms with van der Waals surface area (Å²) in [7, 11) is 0. The molecule has 0 aromatic heterocycles. The SMILES string of the molecule is CC1CN2CCCCC2CN1c1cccc(F)c1CO. The molecule has 0 aliphatic carbocycles. The first-order valence-corrected chi connectivity index (χ1v) is 7.59. The second-order valence-corrected chi connectivity index (χ2v) is 6.04. The van der Waals surface area contributed by atoms with Gasteiger partial charge in [-0.25, -0.2) is 4.39 Å². The number of nitrogens with zero attached hydrogens (tertiary/aromatic N) is 2. The number of halogens is 1. The van der Waals surface area contributed by atoms with E-state index < -0.39 is 0 Å². The van der Waals surface area contributed by atoms with Crippen LogP contribution in [0.25, 0.3) is 0 Å². The molecule has 0 saturated carbocycles. The molecule has 1 aromatic carbocycles. The molecule has 1 N–H and O–H groups in total. The Kier molecular flexibility index (Phi) is 3.94. The maximum Gasteiger partial charge on any atom is 0.130 e. The number of anilines is 1. The molecule has 0 amide bonds. The highest BCUT2D eigenvalue weighted by Crippen LogP contribution is 2.31. The Bertz CT molecular complexity index is 480. The first kappa shape index (κ1) is 13.8. The van der Waals surface area contributed by atoms with E-state index in [0.29, 0.717) is 17.6 Å². The zero-order valence-electron chi connectivity index (χ0n) is 12.1. The van der Waals surface area contributed by atoms with Gasteiger partial charge in [-0.1, -0.05) is 12.5 Å². The van der Waals surface area contributed by atoms with Crippen molar-refractivity contribution in [2.45, 2.75) is 44.9 Å². The number of hydrogen-bond donors (Lipinski definition) is 1. The Labute approximate surface area is 120 Å². The first-order valence-electron chi connectivity index (χ1n) is 7.59. The van der Waals surface area contributed by atoms with Crippen molar-refractivity contribution in [3.63, 3.8) is 0 Å². The van der Waals surface area contributed by atoms with Crippen LogP contribution in [-0.2, 0) is 6.61 Å². The van der Waals surface area contributed by atoms with E-state index in [9.17, 15) is 9.50 Å². The lowest BCUT2D eigenvalue weighted by atomic mass is 9.96. The van der Waals surface area contributed by atoms with Crippen LogP contribution in [0.15, 0.2) is 18.2 Å². The van der Waals surface area contributed by atoms with Crippen molar-refractivity contribution in [2.75, 3.05) is 24.5 Å². The molecule has 0 bridgehead atoms. The molecule has 0 radical (unpaired) electrons. The molecular formula is C16H23FN2O. The van der Waals surface area contributed by atoms with Crippen molar-refractivity contribution in [3.05, 3.63) is 29.6 Å². The molecule has 0 spiro atoms. The Morgan fingerprint density at radius 1 is 1.30 bits per heavy atom. The van der Waals surface area contributed by atoms with Crippen LogP contribution in [0.2, 0.25) is 0 Å². The lowest BCUT2D eigenvalue weighted by molar-refractivity contribution is 0.115. The third-order valence-electron chi connectivity index (χ3n) is 4.75. The Hall–Kier alpha value is -1.13. The molecule has 2 unspecified atom stereocenters. The summed E-state index contributed by atoms with van der Waals surface area (Å²) in [6.45, 7) is 5.12. The van der Waals surface area contributed by atoms with Crippen LogP contribution < -0.4 is 4.90 Å². The summed E-state index contributed by atoms with van der Waals surface area (Å²) in [5, 5.41) is 9.47. The highest BCUT2D eigenvalue weighted by Gasteiger charge is 2.33. The van der Waals surface area contributed by atoms with E-state index in [1.807, 2.05) is 6.07 Å². The molecule has 2 aliphatic rings. The van der Waals surface area contributed by atoms with E-state index in [0.717, 1.165) is 18.8 Å². The van der Waals surface area contributed by atoms with Crippen molar-refractivity contribution in [1.29, 1.82) is 0 Å². The van der Waals surface area contributed by atoms with Gasteiger partial charge in [0.25, 0.3) is 0 Å². The van der Waals surface area contributed by atoms with Gasteiger partial charge in [0.1, 0.15) is 5.82 Å². The standard InChI is InChI=1S/C16H23FN2O/c1-12-9-18-8-3-2-5-13(18)10-19(12)16-7-4-6-15(17)14(16)11-20/h4,6-7,12-13,20H,2-3,5,8-11H2,1H3. The van der Waals surface area contributed by atoms with Crippen molar-refractivity contribution in [3.8, 4) is 0 Å². The molecule has 2 aliphatic heterocycles.